The van der Waals surface area contributed by atoms with E-state index in [1.165, 1.54) is 28.0 Å². The molecule has 0 aliphatic rings. The van der Waals surface area contributed by atoms with Crippen LogP contribution in [0, 0.1) is 20.8 Å². The van der Waals surface area contributed by atoms with Crippen molar-refractivity contribution >= 4 is 40.0 Å². The number of benzene rings is 1. The second-order valence-electron chi connectivity index (χ2n) is 7.54. The lowest BCUT2D eigenvalue weighted by molar-refractivity contribution is -0.113. The van der Waals surface area contributed by atoms with Crippen LogP contribution in [0.1, 0.15) is 32.3 Å². The van der Waals surface area contributed by atoms with Gasteiger partial charge in [-0.15, -0.1) is 10.2 Å². The van der Waals surface area contributed by atoms with Gasteiger partial charge in [0.1, 0.15) is 17.2 Å². The van der Waals surface area contributed by atoms with E-state index in [2.05, 4.69) is 26.6 Å². The molecule has 0 radical (unpaired) electrons. The summed E-state index contributed by atoms with van der Waals surface area (Å²) in [6.07, 6.45) is 0. The maximum atomic E-state index is 12.4. The Morgan fingerprint density at radius 2 is 1.84 bits per heavy atom. The summed E-state index contributed by atoms with van der Waals surface area (Å²) >= 11 is 2.43. The number of ether oxygens (including phenoxy) is 1. The zero-order chi connectivity index (χ0) is 23.4. The van der Waals surface area contributed by atoms with Gasteiger partial charge in [-0.2, -0.15) is 0 Å². The SMILES string of the molecule is Cc1cc(C)cc(OCc2nnc(SCC(=O)Nc3nc(C)c(C(=O)N(C)C)s3)n2C)c1. The molecule has 0 saturated carbocycles. The van der Waals surface area contributed by atoms with Crippen LogP contribution in [0.2, 0.25) is 0 Å². The molecule has 0 atom stereocenters. The number of hydrogen-bond acceptors (Lipinski definition) is 8. The second-order valence-corrected chi connectivity index (χ2v) is 9.48. The molecule has 0 saturated heterocycles. The van der Waals surface area contributed by atoms with Crippen molar-refractivity contribution in [1.82, 2.24) is 24.6 Å². The van der Waals surface area contributed by atoms with Gasteiger partial charge in [0.05, 0.1) is 11.4 Å². The van der Waals surface area contributed by atoms with Crippen molar-refractivity contribution in [3.8, 4) is 5.75 Å². The number of thioether (sulfide) groups is 1. The lowest BCUT2D eigenvalue weighted by Gasteiger charge is -2.08. The molecule has 2 heterocycles. The molecule has 0 unspecified atom stereocenters. The summed E-state index contributed by atoms with van der Waals surface area (Å²) in [4.78, 5) is 30.8. The Labute approximate surface area is 195 Å². The number of aryl methyl sites for hydroxylation is 3. The Morgan fingerprint density at radius 3 is 2.50 bits per heavy atom. The zero-order valence-corrected chi connectivity index (χ0v) is 20.6. The summed E-state index contributed by atoms with van der Waals surface area (Å²) in [5, 5.41) is 12.1. The molecule has 3 aromatic rings. The monoisotopic (exact) mass is 474 g/mol. The molecular formula is C21H26N6O3S2. The highest BCUT2D eigenvalue weighted by Gasteiger charge is 2.18. The molecule has 32 heavy (non-hydrogen) atoms. The van der Waals surface area contributed by atoms with Crippen molar-refractivity contribution in [1.29, 1.82) is 0 Å². The fourth-order valence-corrected chi connectivity index (χ4v) is 4.63. The van der Waals surface area contributed by atoms with Crippen molar-refractivity contribution in [3.05, 3.63) is 45.7 Å². The molecule has 1 aromatic carbocycles. The summed E-state index contributed by atoms with van der Waals surface area (Å²) < 4.78 is 7.66. The average Bonchev–Trinajstić information content (AvgIpc) is 3.25. The summed E-state index contributed by atoms with van der Waals surface area (Å²) in [5.74, 6) is 1.21. The molecule has 2 amide bonds. The number of rotatable bonds is 8. The van der Waals surface area contributed by atoms with E-state index >= 15 is 0 Å². The maximum Gasteiger partial charge on any atom is 0.265 e. The molecule has 0 bridgehead atoms. The minimum atomic E-state index is -0.233. The smallest absolute Gasteiger partial charge is 0.265 e. The highest BCUT2D eigenvalue weighted by atomic mass is 32.2. The quantitative estimate of drug-likeness (QED) is 0.500. The lowest BCUT2D eigenvalue weighted by atomic mass is 10.1. The summed E-state index contributed by atoms with van der Waals surface area (Å²) in [6, 6.07) is 6.03. The third kappa shape index (κ3) is 5.86. The van der Waals surface area contributed by atoms with E-state index in [4.69, 9.17) is 4.74 Å². The van der Waals surface area contributed by atoms with Crippen LogP contribution in [0.4, 0.5) is 5.13 Å². The first kappa shape index (κ1) is 23.7. The van der Waals surface area contributed by atoms with Gasteiger partial charge in [-0.3, -0.25) is 9.59 Å². The number of nitrogens with zero attached hydrogens (tertiary/aromatic N) is 5. The van der Waals surface area contributed by atoms with Crippen molar-refractivity contribution in [2.75, 3.05) is 25.2 Å². The third-order valence-electron chi connectivity index (χ3n) is 4.46. The van der Waals surface area contributed by atoms with Gasteiger partial charge in [-0.1, -0.05) is 29.2 Å². The number of carbonyl (C=O) groups excluding carboxylic acids is 2. The van der Waals surface area contributed by atoms with E-state index in [1.54, 1.807) is 21.0 Å². The van der Waals surface area contributed by atoms with Crippen molar-refractivity contribution in [2.45, 2.75) is 32.5 Å². The van der Waals surface area contributed by atoms with Crippen LogP contribution in [0.15, 0.2) is 23.4 Å². The number of amides is 2. The molecule has 11 heteroatoms. The van der Waals surface area contributed by atoms with Gasteiger partial charge in [0.2, 0.25) is 5.91 Å². The number of thiazole rings is 1. The van der Waals surface area contributed by atoms with E-state index in [0.717, 1.165) is 16.9 Å². The van der Waals surface area contributed by atoms with Crippen molar-refractivity contribution < 1.29 is 14.3 Å². The lowest BCUT2D eigenvalue weighted by Crippen LogP contribution is -2.21. The minimum absolute atomic E-state index is 0.135. The molecular weight excluding hydrogens is 448 g/mol. The molecule has 0 spiro atoms. The first-order chi connectivity index (χ1) is 15.1. The van der Waals surface area contributed by atoms with Crippen LogP contribution >= 0.6 is 23.1 Å². The Morgan fingerprint density at radius 1 is 1.16 bits per heavy atom. The van der Waals surface area contributed by atoms with Crippen LogP contribution in [0.25, 0.3) is 0 Å². The van der Waals surface area contributed by atoms with Crippen molar-refractivity contribution in [3.63, 3.8) is 0 Å². The highest BCUT2D eigenvalue weighted by molar-refractivity contribution is 7.99. The Bertz CT molecular complexity index is 1120. The van der Waals surface area contributed by atoms with Crippen molar-refractivity contribution in [2.24, 2.45) is 7.05 Å². The fourth-order valence-electron chi connectivity index (χ4n) is 2.90. The summed E-state index contributed by atoms with van der Waals surface area (Å²) in [7, 11) is 5.20. The zero-order valence-electron chi connectivity index (χ0n) is 18.9. The Kier molecular flexibility index (Phi) is 7.52. The van der Waals surface area contributed by atoms with Gasteiger partial charge < -0.3 is 19.5 Å². The van der Waals surface area contributed by atoms with E-state index in [9.17, 15) is 9.59 Å². The number of aromatic nitrogens is 4. The maximum absolute atomic E-state index is 12.4. The van der Waals surface area contributed by atoms with Crippen LogP contribution in [-0.2, 0) is 18.4 Å². The number of anilines is 1. The minimum Gasteiger partial charge on any atom is -0.486 e. The van der Waals surface area contributed by atoms with Gasteiger partial charge in [-0.05, 0) is 44.0 Å². The van der Waals surface area contributed by atoms with Gasteiger partial charge in [0.25, 0.3) is 5.91 Å². The predicted octanol–water partition coefficient (Wildman–Crippen LogP) is 3.21. The standard InChI is InChI=1S/C21H26N6O3S2/c1-12-7-13(2)9-15(8-12)30-10-16-24-25-21(27(16)6)31-11-17(28)23-20-22-14(3)18(32-20)19(29)26(4)5/h7-9H,10-11H2,1-6H3,(H,22,23,28). The number of hydrogen-bond donors (Lipinski definition) is 1. The van der Waals surface area contributed by atoms with Gasteiger partial charge in [0, 0.05) is 21.1 Å². The summed E-state index contributed by atoms with van der Waals surface area (Å²) in [6.45, 7) is 6.07. The number of nitrogens with one attached hydrogen (secondary N) is 1. The van der Waals surface area contributed by atoms with Crippen LogP contribution in [0.3, 0.4) is 0 Å². The summed E-state index contributed by atoms with van der Waals surface area (Å²) in [5.41, 5.74) is 2.86. The topological polar surface area (TPSA) is 102 Å². The Hall–Kier alpha value is -2.92. The van der Waals surface area contributed by atoms with Crippen LogP contribution in [-0.4, -0.2) is 56.3 Å². The van der Waals surface area contributed by atoms with Crippen LogP contribution in [0.5, 0.6) is 5.75 Å². The van der Waals surface area contributed by atoms with Gasteiger partial charge >= 0.3 is 0 Å². The fraction of sp³-hybridized carbons (Fsp3) is 0.381. The first-order valence-electron chi connectivity index (χ1n) is 9.85. The van der Waals surface area contributed by atoms with E-state index in [-0.39, 0.29) is 24.2 Å². The second kappa shape index (κ2) is 10.1. The van der Waals surface area contributed by atoms with E-state index in [1.807, 2.05) is 37.6 Å². The highest BCUT2D eigenvalue weighted by Crippen LogP contribution is 2.24. The van der Waals surface area contributed by atoms with Gasteiger partial charge in [-0.25, -0.2) is 4.98 Å². The van der Waals surface area contributed by atoms with Crippen LogP contribution < -0.4 is 10.1 Å². The number of carbonyl (C=O) groups is 2. The largest absolute Gasteiger partial charge is 0.486 e. The molecule has 2 aromatic heterocycles. The molecule has 0 fully saturated rings. The molecule has 3 rings (SSSR count). The first-order valence-corrected chi connectivity index (χ1v) is 11.7. The average molecular weight is 475 g/mol. The molecule has 0 aliphatic carbocycles. The molecule has 9 nitrogen and oxygen atoms in total. The molecule has 0 aliphatic heterocycles. The predicted molar refractivity (Wildman–Crippen MR) is 125 cm³/mol. The molecule has 170 valence electrons. The normalized spacial score (nSPS) is 10.8. The molecule has 1 N–H and O–H groups in total. The van der Waals surface area contributed by atoms with E-state index < -0.39 is 0 Å². The third-order valence-corrected chi connectivity index (χ3v) is 6.55. The Balaban J connectivity index is 1.55. The van der Waals surface area contributed by atoms with E-state index in [0.29, 0.717) is 26.7 Å². The van der Waals surface area contributed by atoms with Gasteiger partial charge in [0.15, 0.2) is 16.1 Å².